The topological polar surface area (TPSA) is 61.6 Å². The van der Waals surface area contributed by atoms with Gasteiger partial charge in [0.15, 0.2) is 6.29 Å². The van der Waals surface area contributed by atoms with Crippen LogP contribution in [0.25, 0.3) is 0 Å². The van der Waals surface area contributed by atoms with Crippen LogP contribution in [0.15, 0.2) is 22.7 Å². The molecule has 5 nitrogen and oxygen atoms in total. The summed E-state index contributed by atoms with van der Waals surface area (Å²) in [7, 11) is 2.86. The lowest BCUT2D eigenvalue weighted by atomic mass is 10.2. The zero-order valence-corrected chi connectivity index (χ0v) is 9.85. The summed E-state index contributed by atoms with van der Waals surface area (Å²) in [6, 6.07) is 4.70. The van der Waals surface area contributed by atoms with Crippen molar-refractivity contribution >= 4 is 21.6 Å². The Labute approximate surface area is 95.3 Å². The van der Waals surface area contributed by atoms with Crippen molar-refractivity contribution < 1.29 is 14.4 Å². The summed E-state index contributed by atoms with van der Waals surface area (Å²) >= 11 is 3.23. The van der Waals surface area contributed by atoms with Crippen molar-refractivity contribution in [3.05, 3.63) is 38.3 Å². The number of hydrogen-bond donors (Lipinski definition) is 0. The Morgan fingerprint density at radius 1 is 1.40 bits per heavy atom. The van der Waals surface area contributed by atoms with Crippen molar-refractivity contribution in [3.63, 3.8) is 0 Å². The monoisotopic (exact) mass is 275 g/mol. The number of nitro benzene ring substituents is 1. The van der Waals surface area contributed by atoms with Gasteiger partial charge in [0.1, 0.15) is 0 Å². The van der Waals surface area contributed by atoms with E-state index in [-0.39, 0.29) is 5.69 Å². The first-order valence-corrected chi connectivity index (χ1v) is 4.89. The van der Waals surface area contributed by atoms with Crippen molar-refractivity contribution in [2.45, 2.75) is 6.29 Å². The van der Waals surface area contributed by atoms with Gasteiger partial charge in [-0.25, -0.2) is 0 Å². The molecule has 0 amide bonds. The Bertz CT molecular complexity index is 365. The molecular weight excluding hydrogens is 266 g/mol. The van der Waals surface area contributed by atoms with Crippen LogP contribution in [0.3, 0.4) is 0 Å². The van der Waals surface area contributed by atoms with E-state index in [0.717, 1.165) is 0 Å². The van der Waals surface area contributed by atoms with E-state index in [0.29, 0.717) is 10.0 Å². The molecule has 0 aromatic heterocycles. The number of hydrogen-bond acceptors (Lipinski definition) is 4. The summed E-state index contributed by atoms with van der Waals surface area (Å²) in [5.41, 5.74) is 0.352. The normalized spacial score (nSPS) is 10.7. The molecule has 0 bridgehead atoms. The highest BCUT2D eigenvalue weighted by atomic mass is 79.9. The highest BCUT2D eigenvalue weighted by Crippen LogP contribution is 2.33. The van der Waals surface area contributed by atoms with Crippen molar-refractivity contribution in [2.24, 2.45) is 0 Å². The van der Waals surface area contributed by atoms with Gasteiger partial charge in [0, 0.05) is 24.8 Å². The van der Waals surface area contributed by atoms with Crippen LogP contribution in [-0.2, 0) is 9.47 Å². The minimum atomic E-state index is -0.749. The van der Waals surface area contributed by atoms with Gasteiger partial charge in [0.05, 0.1) is 10.5 Å². The van der Waals surface area contributed by atoms with Gasteiger partial charge in [-0.3, -0.25) is 10.1 Å². The second kappa shape index (κ2) is 5.20. The standard InChI is InChI=1S/C9H10BrNO4/c1-14-9(15-2)8-6(10)4-3-5-7(8)11(12)13/h3-5,9H,1-2H3. The Morgan fingerprint density at radius 2 is 2.00 bits per heavy atom. The fourth-order valence-corrected chi connectivity index (χ4v) is 1.79. The zero-order chi connectivity index (χ0) is 11.4. The summed E-state index contributed by atoms with van der Waals surface area (Å²) < 4.78 is 10.6. The van der Waals surface area contributed by atoms with Gasteiger partial charge < -0.3 is 9.47 Å². The third kappa shape index (κ3) is 2.53. The van der Waals surface area contributed by atoms with Gasteiger partial charge in [-0.2, -0.15) is 0 Å². The smallest absolute Gasteiger partial charge is 0.278 e. The molecule has 1 aromatic rings. The molecule has 1 aromatic carbocycles. The number of benzene rings is 1. The summed E-state index contributed by atoms with van der Waals surface area (Å²) in [5.74, 6) is 0. The molecule has 0 aliphatic carbocycles. The molecule has 0 aliphatic rings. The van der Waals surface area contributed by atoms with Crippen LogP contribution < -0.4 is 0 Å². The minimum absolute atomic E-state index is 0.0296. The van der Waals surface area contributed by atoms with Crippen LogP contribution in [0.4, 0.5) is 5.69 Å². The molecule has 82 valence electrons. The van der Waals surface area contributed by atoms with Crippen molar-refractivity contribution in [1.29, 1.82) is 0 Å². The van der Waals surface area contributed by atoms with Crippen LogP contribution in [0.1, 0.15) is 11.9 Å². The number of rotatable bonds is 4. The lowest BCUT2D eigenvalue weighted by Crippen LogP contribution is -2.07. The first kappa shape index (κ1) is 12.1. The summed E-state index contributed by atoms with van der Waals surface area (Å²) in [6.45, 7) is 0. The summed E-state index contributed by atoms with van der Waals surface area (Å²) in [4.78, 5) is 10.3. The second-order valence-electron chi connectivity index (χ2n) is 2.73. The van der Waals surface area contributed by atoms with Crippen molar-refractivity contribution in [2.75, 3.05) is 14.2 Å². The van der Waals surface area contributed by atoms with E-state index in [2.05, 4.69) is 15.9 Å². The van der Waals surface area contributed by atoms with Gasteiger partial charge in [-0.05, 0) is 6.07 Å². The third-order valence-corrected chi connectivity index (χ3v) is 2.58. The average molecular weight is 276 g/mol. The van der Waals surface area contributed by atoms with E-state index < -0.39 is 11.2 Å². The lowest BCUT2D eigenvalue weighted by Gasteiger charge is -2.14. The fraction of sp³-hybridized carbons (Fsp3) is 0.333. The maximum atomic E-state index is 10.8. The number of halogens is 1. The molecule has 0 saturated carbocycles. The van der Waals surface area contributed by atoms with E-state index in [1.54, 1.807) is 12.1 Å². The fourth-order valence-electron chi connectivity index (χ4n) is 1.25. The van der Waals surface area contributed by atoms with Gasteiger partial charge >= 0.3 is 0 Å². The Balaban J connectivity index is 3.29. The highest BCUT2D eigenvalue weighted by molar-refractivity contribution is 9.10. The zero-order valence-electron chi connectivity index (χ0n) is 8.27. The van der Waals surface area contributed by atoms with Crippen LogP contribution in [-0.4, -0.2) is 19.1 Å². The average Bonchev–Trinajstić information content (AvgIpc) is 2.21. The molecule has 0 aliphatic heterocycles. The van der Waals surface area contributed by atoms with E-state index >= 15 is 0 Å². The molecule has 0 spiro atoms. The van der Waals surface area contributed by atoms with Crippen LogP contribution in [0.5, 0.6) is 0 Å². The SMILES string of the molecule is COC(OC)c1c(Br)cccc1[N+](=O)[O-]. The molecule has 0 radical (unpaired) electrons. The number of ether oxygens (including phenoxy) is 2. The highest BCUT2D eigenvalue weighted by Gasteiger charge is 2.24. The van der Waals surface area contributed by atoms with Gasteiger partial charge in [0.2, 0.25) is 0 Å². The number of methoxy groups -OCH3 is 2. The lowest BCUT2D eigenvalue weighted by molar-refractivity contribution is -0.387. The van der Waals surface area contributed by atoms with Crippen molar-refractivity contribution in [3.8, 4) is 0 Å². The minimum Gasteiger partial charge on any atom is -0.351 e. The van der Waals surface area contributed by atoms with Crippen LogP contribution in [0.2, 0.25) is 0 Å². The Kier molecular flexibility index (Phi) is 4.19. The number of nitrogens with zero attached hydrogens (tertiary/aromatic N) is 1. The predicted octanol–water partition coefficient (Wildman–Crippen LogP) is 2.65. The first-order valence-electron chi connectivity index (χ1n) is 4.10. The molecular formula is C9H10BrNO4. The molecule has 0 saturated heterocycles. The van der Waals surface area contributed by atoms with E-state index in [9.17, 15) is 10.1 Å². The molecule has 0 N–H and O–H groups in total. The predicted molar refractivity (Wildman–Crippen MR) is 57.6 cm³/mol. The Hall–Kier alpha value is -0.980. The second-order valence-corrected chi connectivity index (χ2v) is 3.59. The van der Waals surface area contributed by atoms with E-state index in [4.69, 9.17) is 9.47 Å². The largest absolute Gasteiger partial charge is 0.351 e. The first-order chi connectivity index (χ1) is 7.11. The summed E-state index contributed by atoms with van der Waals surface area (Å²) in [5, 5.41) is 10.8. The molecule has 0 atom stereocenters. The molecule has 0 fully saturated rings. The maximum Gasteiger partial charge on any atom is 0.278 e. The molecule has 6 heteroatoms. The molecule has 0 unspecified atom stereocenters. The van der Waals surface area contributed by atoms with Crippen LogP contribution in [0, 0.1) is 10.1 Å². The van der Waals surface area contributed by atoms with Gasteiger partial charge in [0.25, 0.3) is 5.69 Å². The molecule has 0 heterocycles. The molecule has 15 heavy (non-hydrogen) atoms. The van der Waals surface area contributed by atoms with E-state index in [1.165, 1.54) is 20.3 Å². The van der Waals surface area contributed by atoms with Crippen LogP contribution >= 0.6 is 15.9 Å². The van der Waals surface area contributed by atoms with Gasteiger partial charge in [-0.1, -0.05) is 22.0 Å². The number of nitro groups is 1. The van der Waals surface area contributed by atoms with Crippen molar-refractivity contribution in [1.82, 2.24) is 0 Å². The third-order valence-electron chi connectivity index (χ3n) is 1.89. The molecule has 1 rings (SSSR count). The quantitative estimate of drug-likeness (QED) is 0.482. The van der Waals surface area contributed by atoms with E-state index in [1.807, 2.05) is 0 Å². The summed E-state index contributed by atoms with van der Waals surface area (Å²) in [6.07, 6.45) is -0.749. The van der Waals surface area contributed by atoms with Gasteiger partial charge in [-0.15, -0.1) is 0 Å². The maximum absolute atomic E-state index is 10.8. The Morgan fingerprint density at radius 3 is 2.47 bits per heavy atom.